The van der Waals surface area contributed by atoms with E-state index in [9.17, 15) is 0 Å². The summed E-state index contributed by atoms with van der Waals surface area (Å²) >= 11 is 0. The number of hydrogen-bond donors (Lipinski definition) is 2. The fourth-order valence-electron chi connectivity index (χ4n) is 4.51. The predicted molar refractivity (Wildman–Crippen MR) is 136 cm³/mol. The first-order valence-corrected chi connectivity index (χ1v) is 11.9. The molecular formula is C22H42IN7O. The number of aryl methyl sites for hydroxylation is 1. The number of halogens is 1. The molecule has 2 aliphatic rings. The molecule has 1 unspecified atom stereocenters. The van der Waals surface area contributed by atoms with Crippen LogP contribution in [-0.2, 0) is 18.3 Å². The normalized spacial score (nSPS) is 21.0. The number of guanidine groups is 1. The molecule has 8 nitrogen and oxygen atoms in total. The van der Waals surface area contributed by atoms with Gasteiger partial charge in [-0.15, -0.1) is 34.2 Å². The lowest BCUT2D eigenvalue weighted by Crippen LogP contribution is -2.53. The zero-order chi connectivity index (χ0) is 21.2. The molecular weight excluding hydrogens is 505 g/mol. The third kappa shape index (κ3) is 8.49. The Morgan fingerprint density at radius 3 is 2.68 bits per heavy atom. The largest absolute Gasteiger partial charge is 0.382 e. The molecule has 3 rings (SSSR count). The van der Waals surface area contributed by atoms with E-state index in [-0.39, 0.29) is 24.0 Å². The van der Waals surface area contributed by atoms with Crippen molar-refractivity contribution in [1.29, 1.82) is 0 Å². The second kappa shape index (κ2) is 14.3. The van der Waals surface area contributed by atoms with Crippen LogP contribution < -0.4 is 10.6 Å². The highest BCUT2D eigenvalue weighted by molar-refractivity contribution is 14.0. The Morgan fingerprint density at radius 1 is 1.16 bits per heavy atom. The lowest BCUT2D eigenvalue weighted by Gasteiger charge is -2.40. The third-order valence-corrected chi connectivity index (χ3v) is 6.41. The monoisotopic (exact) mass is 547 g/mol. The summed E-state index contributed by atoms with van der Waals surface area (Å²) in [6.07, 6.45) is 10.4. The number of nitrogens with one attached hydrogen (secondary N) is 2. The molecule has 1 saturated carbocycles. The van der Waals surface area contributed by atoms with Gasteiger partial charge in [-0.3, -0.25) is 4.90 Å². The highest BCUT2D eigenvalue weighted by atomic mass is 127. The first-order valence-electron chi connectivity index (χ1n) is 11.9. The van der Waals surface area contributed by atoms with E-state index < -0.39 is 0 Å². The van der Waals surface area contributed by atoms with Crippen LogP contribution in [-0.4, -0.2) is 70.6 Å². The molecule has 1 aromatic heterocycles. The van der Waals surface area contributed by atoms with Gasteiger partial charge in [0.1, 0.15) is 12.4 Å². The van der Waals surface area contributed by atoms with Crippen LogP contribution in [0.1, 0.15) is 69.9 Å². The maximum Gasteiger partial charge on any atom is 0.191 e. The van der Waals surface area contributed by atoms with Crippen LogP contribution in [0, 0.1) is 6.92 Å². The lowest BCUT2D eigenvalue weighted by atomic mass is 9.92. The molecule has 1 aliphatic heterocycles. The van der Waals surface area contributed by atoms with Crippen molar-refractivity contribution in [2.45, 2.75) is 83.8 Å². The van der Waals surface area contributed by atoms with Gasteiger partial charge in [-0.1, -0.05) is 19.3 Å². The molecule has 178 valence electrons. The van der Waals surface area contributed by atoms with Crippen LogP contribution in [0.2, 0.25) is 0 Å². The van der Waals surface area contributed by atoms with Gasteiger partial charge in [0.2, 0.25) is 0 Å². The van der Waals surface area contributed by atoms with Crippen molar-refractivity contribution in [2.24, 2.45) is 12.0 Å². The van der Waals surface area contributed by atoms with Crippen molar-refractivity contribution in [1.82, 2.24) is 30.3 Å². The number of likely N-dealkylation sites (tertiary alicyclic amines) is 1. The summed E-state index contributed by atoms with van der Waals surface area (Å²) in [4.78, 5) is 7.55. The van der Waals surface area contributed by atoms with Gasteiger partial charge >= 0.3 is 0 Å². The van der Waals surface area contributed by atoms with Gasteiger partial charge < -0.3 is 19.9 Å². The van der Waals surface area contributed by atoms with Gasteiger partial charge in [0.05, 0.1) is 0 Å². The fourth-order valence-corrected chi connectivity index (χ4v) is 4.51. The summed E-state index contributed by atoms with van der Waals surface area (Å²) in [5.41, 5.74) is 0. The number of nitrogens with zero attached hydrogens (tertiary/aromatic N) is 5. The Morgan fingerprint density at radius 2 is 1.97 bits per heavy atom. The molecule has 0 aromatic carbocycles. The molecule has 1 saturated heterocycles. The number of hydrogen-bond acceptors (Lipinski definition) is 5. The van der Waals surface area contributed by atoms with Crippen molar-refractivity contribution in [3.8, 4) is 0 Å². The van der Waals surface area contributed by atoms with Crippen molar-refractivity contribution < 1.29 is 4.74 Å². The third-order valence-electron chi connectivity index (χ3n) is 6.41. The second-order valence-corrected chi connectivity index (χ2v) is 8.63. The fraction of sp³-hybridized carbons (Fsp3) is 0.864. The van der Waals surface area contributed by atoms with E-state index in [0.717, 1.165) is 56.4 Å². The maximum atomic E-state index is 5.47. The Bertz CT molecular complexity index is 660. The number of aliphatic imine (C=N–C) groups is 1. The standard InChI is InChI=1S/C22H41N7O.HI/c1-4-30-15-9-13-23-22(24-16-21-27-26-18(2)28(21)3)25-19-10-8-14-29(17-19)20-11-6-5-7-12-20;/h19-20H,4-17H2,1-3H3,(H2,23,24,25);1H. The van der Waals surface area contributed by atoms with Gasteiger partial charge in [-0.25, -0.2) is 4.99 Å². The predicted octanol–water partition coefficient (Wildman–Crippen LogP) is 3.00. The molecule has 2 heterocycles. The topological polar surface area (TPSA) is 79.6 Å². The Balaban J connectivity index is 0.00000341. The van der Waals surface area contributed by atoms with Crippen molar-refractivity contribution >= 4 is 29.9 Å². The minimum atomic E-state index is 0. The molecule has 0 bridgehead atoms. The van der Waals surface area contributed by atoms with Gasteiger partial charge in [0, 0.05) is 45.4 Å². The van der Waals surface area contributed by atoms with Crippen LogP contribution >= 0.6 is 24.0 Å². The molecule has 0 amide bonds. The summed E-state index contributed by atoms with van der Waals surface area (Å²) in [7, 11) is 1.99. The Hall–Kier alpha value is -0.940. The van der Waals surface area contributed by atoms with Gasteiger partial charge in [0.15, 0.2) is 11.8 Å². The molecule has 9 heteroatoms. The SMILES string of the molecule is CCOCCCNC(=NCc1nnc(C)n1C)NC1CCCN(C2CCCCC2)C1.I. The van der Waals surface area contributed by atoms with Crippen molar-refractivity contribution in [2.75, 3.05) is 32.8 Å². The number of ether oxygens (including phenoxy) is 1. The molecule has 1 atom stereocenters. The molecule has 1 aliphatic carbocycles. The first kappa shape index (κ1) is 26.3. The summed E-state index contributed by atoms with van der Waals surface area (Å²) < 4.78 is 7.47. The summed E-state index contributed by atoms with van der Waals surface area (Å²) in [6, 6.07) is 1.23. The molecule has 0 radical (unpaired) electrons. The van der Waals surface area contributed by atoms with Crippen LogP contribution in [0.4, 0.5) is 0 Å². The molecule has 31 heavy (non-hydrogen) atoms. The summed E-state index contributed by atoms with van der Waals surface area (Å²) in [5, 5.41) is 15.6. The number of aromatic nitrogens is 3. The minimum Gasteiger partial charge on any atom is -0.382 e. The van der Waals surface area contributed by atoms with Crippen molar-refractivity contribution in [3.05, 3.63) is 11.6 Å². The number of rotatable bonds is 9. The highest BCUT2D eigenvalue weighted by Gasteiger charge is 2.27. The second-order valence-electron chi connectivity index (χ2n) is 8.63. The van der Waals surface area contributed by atoms with Gasteiger partial charge in [-0.05, 0) is 52.5 Å². The van der Waals surface area contributed by atoms with E-state index in [4.69, 9.17) is 9.73 Å². The smallest absolute Gasteiger partial charge is 0.191 e. The number of piperidine rings is 1. The van der Waals surface area contributed by atoms with E-state index in [0.29, 0.717) is 12.6 Å². The molecule has 2 N–H and O–H groups in total. The van der Waals surface area contributed by atoms with E-state index in [1.54, 1.807) is 0 Å². The van der Waals surface area contributed by atoms with E-state index in [2.05, 4.69) is 25.7 Å². The van der Waals surface area contributed by atoms with Gasteiger partial charge in [-0.2, -0.15) is 0 Å². The van der Waals surface area contributed by atoms with E-state index in [1.165, 1.54) is 51.5 Å². The first-order chi connectivity index (χ1) is 14.7. The van der Waals surface area contributed by atoms with E-state index >= 15 is 0 Å². The summed E-state index contributed by atoms with van der Waals surface area (Å²) in [5.74, 6) is 2.67. The lowest BCUT2D eigenvalue weighted by molar-refractivity contribution is 0.115. The highest BCUT2D eigenvalue weighted by Crippen LogP contribution is 2.25. The summed E-state index contributed by atoms with van der Waals surface area (Å²) in [6.45, 7) is 9.28. The Kier molecular flexibility index (Phi) is 12.1. The average Bonchev–Trinajstić information content (AvgIpc) is 3.10. The molecule has 2 fully saturated rings. The zero-order valence-electron chi connectivity index (χ0n) is 19.6. The maximum absolute atomic E-state index is 5.47. The minimum absolute atomic E-state index is 0. The van der Waals surface area contributed by atoms with E-state index in [1.807, 2.05) is 25.5 Å². The van der Waals surface area contributed by atoms with Crippen LogP contribution in [0.15, 0.2) is 4.99 Å². The van der Waals surface area contributed by atoms with Gasteiger partial charge in [0.25, 0.3) is 0 Å². The molecule has 1 aromatic rings. The van der Waals surface area contributed by atoms with Crippen molar-refractivity contribution in [3.63, 3.8) is 0 Å². The van der Waals surface area contributed by atoms with Crippen LogP contribution in [0.3, 0.4) is 0 Å². The Labute approximate surface area is 205 Å². The van der Waals surface area contributed by atoms with Crippen LogP contribution in [0.5, 0.6) is 0 Å². The molecule has 0 spiro atoms. The van der Waals surface area contributed by atoms with Crippen LogP contribution in [0.25, 0.3) is 0 Å². The zero-order valence-corrected chi connectivity index (χ0v) is 21.9. The average molecular weight is 548 g/mol. The quantitative estimate of drug-likeness (QED) is 0.214.